The zero-order valence-corrected chi connectivity index (χ0v) is 13.7. The number of halogens is 1. The number of hydrogen-bond donors (Lipinski definition) is 1. The molecule has 1 unspecified atom stereocenters. The van der Waals surface area contributed by atoms with Gasteiger partial charge in [-0.1, -0.05) is 12.1 Å². The molecule has 0 aliphatic heterocycles. The molecule has 0 radical (unpaired) electrons. The first kappa shape index (κ1) is 14.1. The minimum Gasteiger partial charge on any atom is -0.313 e. The molecular formula is C14H16BrNS2. The van der Waals surface area contributed by atoms with Gasteiger partial charge in [-0.25, -0.2) is 0 Å². The fourth-order valence-electron chi connectivity index (χ4n) is 1.60. The van der Waals surface area contributed by atoms with Gasteiger partial charge in [0.05, 0.1) is 0 Å². The Morgan fingerprint density at radius 2 is 2.06 bits per heavy atom. The molecule has 0 aliphatic rings. The van der Waals surface area contributed by atoms with Gasteiger partial charge in [0.2, 0.25) is 0 Å². The van der Waals surface area contributed by atoms with Gasteiger partial charge in [-0.3, -0.25) is 0 Å². The van der Waals surface area contributed by atoms with Gasteiger partial charge in [0.1, 0.15) is 0 Å². The summed E-state index contributed by atoms with van der Waals surface area (Å²) < 4.78 is 1.18. The van der Waals surface area contributed by atoms with Gasteiger partial charge in [-0.2, -0.15) is 0 Å². The molecule has 0 aliphatic carbocycles. The molecule has 0 saturated carbocycles. The zero-order chi connectivity index (χ0) is 13.0. The maximum Gasteiger partial charge on any atom is 0.0326 e. The van der Waals surface area contributed by atoms with Crippen LogP contribution in [0.2, 0.25) is 0 Å². The van der Waals surface area contributed by atoms with Gasteiger partial charge in [0.25, 0.3) is 0 Å². The maximum absolute atomic E-state index is 3.49. The third-order valence-corrected chi connectivity index (χ3v) is 5.76. The Bertz CT molecular complexity index is 493. The summed E-state index contributed by atoms with van der Waals surface area (Å²) in [6.07, 6.45) is 0. The number of thiophene rings is 1. The molecule has 1 N–H and O–H groups in total. The molecule has 0 saturated heterocycles. The summed E-state index contributed by atoms with van der Waals surface area (Å²) in [5.74, 6) is 1.04. The SMILES string of the molecule is CNC(C)c1ccc(SCc2cc(Br)cs2)cc1. The highest BCUT2D eigenvalue weighted by Gasteiger charge is 2.03. The maximum atomic E-state index is 3.49. The molecule has 18 heavy (non-hydrogen) atoms. The molecule has 2 aromatic rings. The summed E-state index contributed by atoms with van der Waals surface area (Å²) in [5, 5.41) is 5.38. The molecule has 2 rings (SSSR count). The van der Waals surface area contributed by atoms with E-state index in [1.165, 1.54) is 19.8 Å². The summed E-state index contributed by atoms with van der Waals surface area (Å²) >= 11 is 7.17. The van der Waals surface area contributed by atoms with Crippen molar-refractivity contribution >= 4 is 39.0 Å². The van der Waals surface area contributed by atoms with Crippen molar-refractivity contribution in [3.05, 3.63) is 50.6 Å². The van der Waals surface area contributed by atoms with Gasteiger partial charge < -0.3 is 5.32 Å². The molecule has 4 heteroatoms. The first-order valence-corrected chi connectivity index (χ1v) is 8.48. The number of nitrogens with one attached hydrogen (secondary N) is 1. The predicted molar refractivity (Wildman–Crippen MR) is 85.5 cm³/mol. The second-order valence-electron chi connectivity index (χ2n) is 4.10. The number of hydrogen-bond acceptors (Lipinski definition) is 3. The number of benzene rings is 1. The van der Waals surface area contributed by atoms with Crippen molar-refractivity contribution in [1.29, 1.82) is 0 Å². The lowest BCUT2D eigenvalue weighted by Gasteiger charge is -2.10. The van der Waals surface area contributed by atoms with E-state index in [-0.39, 0.29) is 0 Å². The Balaban J connectivity index is 1.94. The largest absolute Gasteiger partial charge is 0.313 e. The van der Waals surface area contributed by atoms with Crippen molar-refractivity contribution in [1.82, 2.24) is 5.32 Å². The van der Waals surface area contributed by atoms with Crippen LogP contribution in [0, 0.1) is 0 Å². The van der Waals surface area contributed by atoms with Crippen LogP contribution >= 0.6 is 39.0 Å². The predicted octanol–water partition coefficient (Wildman–Crippen LogP) is 5.08. The molecule has 1 nitrogen and oxygen atoms in total. The molecule has 0 amide bonds. The monoisotopic (exact) mass is 341 g/mol. The second kappa shape index (κ2) is 6.75. The average Bonchev–Trinajstić information content (AvgIpc) is 2.82. The Labute approximate surface area is 125 Å². The molecule has 1 heterocycles. The van der Waals surface area contributed by atoms with Crippen molar-refractivity contribution in [2.24, 2.45) is 0 Å². The van der Waals surface area contributed by atoms with E-state index in [4.69, 9.17) is 0 Å². The van der Waals surface area contributed by atoms with E-state index in [1.54, 1.807) is 11.3 Å². The molecule has 96 valence electrons. The molecule has 0 bridgehead atoms. The summed E-state index contributed by atoms with van der Waals surface area (Å²) in [6, 6.07) is 11.4. The molecule has 0 spiro atoms. The molecule has 1 aromatic heterocycles. The van der Waals surface area contributed by atoms with Gasteiger partial charge in [-0.15, -0.1) is 23.1 Å². The van der Waals surface area contributed by atoms with E-state index < -0.39 is 0 Å². The second-order valence-corrected chi connectivity index (χ2v) is 7.06. The Morgan fingerprint density at radius 3 is 2.61 bits per heavy atom. The standard InChI is InChI=1S/C14H16BrNS2/c1-10(16-2)11-3-5-13(6-4-11)18-9-14-7-12(15)8-17-14/h3-8,10,16H,9H2,1-2H3. The van der Waals surface area contributed by atoms with Gasteiger partial charge in [0.15, 0.2) is 0 Å². The van der Waals surface area contributed by atoms with Crippen molar-refractivity contribution in [3.8, 4) is 0 Å². The van der Waals surface area contributed by atoms with Crippen LogP contribution in [0.4, 0.5) is 0 Å². The first-order chi connectivity index (χ1) is 8.69. The van der Waals surface area contributed by atoms with E-state index in [0.717, 1.165) is 5.75 Å². The smallest absolute Gasteiger partial charge is 0.0326 e. The van der Waals surface area contributed by atoms with Crippen LogP contribution in [0.1, 0.15) is 23.4 Å². The highest BCUT2D eigenvalue weighted by molar-refractivity contribution is 9.10. The Morgan fingerprint density at radius 1 is 1.33 bits per heavy atom. The fourth-order valence-corrected chi connectivity index (χ4v) is 4.01. The van der Waals surface area contributed by atoms with Crippen LogP contribution in [-0.2, 0) is 5.75 Å². The third-order valence-electron chi connectivity index (χ3n) is 2.82. The Kier molecular flexibility index (Phi) is 5.30. The lowest BCUT2D eigenvalue weighted by Crippen LogP contribution is -2.11. The van der Waals surface area contributed by atoms with Crippen LogP contribution < -0.4 is 5.32 Å². The quantitative estimate of drug-likeness (QED) is 0.760. The highest BCUT2D eigenvalue weighted by atomic mass is 79.9. The lowest BCUT2D eigenvalue weighted by molar-refractivity contribution is 0.652. The fraction of sp³-hybridized carbons (Fsp3) is 0.286. The summed E-state index contributed by atoms with van der Waals surface area (Å²) in [7, 11) is 1.99. The van der Waals surface area contributed by atoms with Gasteiger partial charge in [-0.05, 0) is 53.7 Å². The first-order valence-electron chi connectivity index (χ1n) is 5.82. The molecule has 1 atom stereocenters. The normalized spacial score (nSPS) is 12.6. The molecule has 0 fully saturated rings. The van der Waals surface area contributed by atoms with Crippen LogP contribution in [0.15, 0.2) is 45.1 Å². The van der Waals surface area contributed by atoms with E-state index in [0.29, 0.717) is 6.04 Å². The third kappa shape index (κ3) is 3.85. The van der Waals surface area contributed by atoms with E-state index in [9.17, 15) is 0 Å². The summed E-state index contributed by atoms with van der Waals surface area (Å²) in [4.78, 5) is 2.73. The van der Waals surface area contributed by atoms with Crippen LogP contribution in [0.3, 0.4) is 0 Å². The Hall–Kier alpha value is -0.290. The summed E-state index contributed by atoms with van der Waals surface area (Å²) in [5.41, 5.74) is 1.33. The van der Waals surface area contributed by atoms with Gasteiger partial charge in [0, 0.05) is 31.4 Å². The number of thioether (sulfide) groups is 1. The summed E-state index contributed by atoms with van der Waals surface area (Å²) in [6.45, 7) is 2.17. The van der Waals surface area contributed by atoms with Crippen molar-refractivity contribution in [3.63, 3.8) is 0 Å². The lowest BCUT2D eigenvalue weighted by atomic mass is 10.1. The van der Waals surface area contributed by atoms with Crippen molar-refractivity contribution < 1.29 is 0 Å². The number of rotatable bonds is 5. The molecule has 1 aromatic carbocycles. The van der Waals surface area contributed by atoms with E-state index >= 15 is 0 Å². The van der Waals surface area contributed by atoms with Crippen LogP contribution in [0.25, 0.3) is 0 Å². The zero-order valence-electron chi connectivity index (χ0n) is 10.4. The van der Waals surface area contributed by atoms with E-state index in [1.807, 2.05) is 18.8 Å². The topological polar surface area (TPSA) is 12.0 Å². The van der Waals surface area contributed by atoms with Crippen molar-refractivity contribution in [2.45, 2.75) is 23.6 Å². The van der Waals surface area contributed by atoms with E-state index in [2.05, 4.69) is 63.9 Å². The van der Waals surface area contributed by atoms with Crippen molar-refractivity contribution in [2.75, 3.05) is 7.05 Å². The minimum atomic E-state index is 0.414. The molecular weight excluding hydrogens is 326 g/mol. The average molecular weight is 342 g/mol. The van der Waals surface area contributed by atoms with Crippen LogP contribution in [0.5, 0.6) is 0 Å². The minimum absolute atomic E-state index is 0.414. The van der Waals surface area contributed by atoms with Crippen LogP contribution in [-0.4, -0.2) is 7.05 Å². The van der Waals surface area contributed by atoms with Gasteiger partial charge >= 0.3 is 0 Å². The highest BCUT2D eigenvalue weighted by Crippen LogP contribution is 2.28.